The van der Waals surface area contributed by atoms with Crippen LogP contribution in [-0.2, 0) is 22.4 Å². The van der Waals surface area contributed by atoms with E-state index < -0.39 is 0 Å². The highest BCUT2D eigenvalue weighted by Crippen LogP contribution is 2.13. The van der Waals surface area contributed by atoms with Gasteiger partial charge in [0.2, 0.25) is 0 Å². The summed E-state index contributed by atoms with van der Waals surface area (Å²) in [5, 5.41) is 0. The van der Waals surface area contributed by atoms with Crippen LogP contribution in [0, 0.1) is 5.92 Å². The third kappa shape index (κ3) is 5.91. The minimum atomic E-state index is -0.136. The second kappa shape index (κ2) is 8.73. The van der Waals surface area contributed by atoms with Gasteiger partial charge in [-0.25, -0.2) is 0 Å². The van der Waals surface area contributed by atoms with E-state index >= 15 is 0 Å². The number of methoxy groups -OCH3 is 1. The number of benzene rings is 1. The Bertz CT molecular complexity index is 367. The lowest BCUT2D eigenvalue weighted by Gasteiger charge is -2.09. The number of ether oxygens (including phenoxy) is 1. The Morgan fingerprint density at radius 3 is 2.32 bits per heavy atom. The van der Waals surface area contributed by atoms with E-state index in [9.17, 15) is 4.79 Å². The molecule has 0 saturated carbocycles. The molecule has 0 unspecified atom stereocenters. The van der Waals surface area contributed by atoms with Gasteiger partial charge in [-0.3, -0.25) is 4.79 Å². The molecule has 1 atom stereocenters. The van der Waals surface area contributed by atoms with Crippen LogP contribution in [0.4, 0.5) is 0 Å². The van der Waals surface area contributed by atoms with E-state index in [1.165, 1.54) is 43.9 Å². The van der Waals surface area contributed by atoms with Gasteiger partial charge >= 0.3 is 5.97 Å². The maximum absolute atomic E-state index is 11.4. The summed E-state index contributed by atoms with van der Waals surface area (Å²) < 4.78 is 4.75. The summed E-state index contributed by atoms with van der Waals surface area (Å²) in [4.78, 5) is 11.4. The van der Waals surface area contributed by atoms with Crippen molar-refractivity contribution in [1.29, 1.82) is 0 Å². The number of unbranched alkanes of at least 4 members (excludes halogenated alkanes) is 3. The molecule has 0 N–H and O–H groups in total. The summed E-state index contributed by atoms with van der Waals surface area (Å²) in [5.41, 5.74) is 2.60. The normalized spacial score (nSPS) is 12.2. The number of aryl methyl sites for hydroxylation is 1. The molecule has 19 heavy (non-hydrogen) atoms. The zero-order chi connectivity index (χ0) is 14.1. The summed E-state index contributed by atoms with van der Waals surface area (Å²) in [6.07, 6.45) is 7.11. The molecule has 0 aromatic heterocycles. The van der Waals surface area contributed by atoms with Crippen molar-refractivity contribution in [2.75, 3.05) is 7.11 Å². The van der Waals surface area contributed by atoms with Crippen LogP contribution in [0.25, 0.3) is 0 Å². The van der Waals surface area contributed by atoms with Gasteiger partial charge in [-0.2, -0.15) is 0 Å². The SMILES string of the molecule is CCCCCCc1ccc(C[C@@H](C)C(=O)OC)cc1. The van der Waals surface area contributed by atoms with Crippen molar-refractivity contribution in [2.45, 2.75) is 52.4 Å². The molecule has 0 aliphatic heterocycles. The second-order valence-electron chi connectivity index (χ2n) is 5.26. The molecule has 106 valence electrons. The van der Waals surface area contributed by atoms with E-state index in [1.807, 2.05) is 6.92 Å². The first kappa shape index (κ1) is 15.7. The molecular formula is C17H26O2. The number of rotatable bonds is 8. The van der Waals surface area contributed by atoms with Gasteiger partial charge in [0.25, 0.3) is 0 Å². The lowest BCUT2D eigenvalue weighted by molar-refractivity contribution is -0.144. The molecule has 2 heteroatoms. The highest BCUT2D eigenvalue weighted by Gasteiger charge is 2.13. The van der Waals surface area contributed by atoms with Crippen molar-refractivity contribution in [3.8, 4) is 0 Å². The Morgan fingerprint density at radius 2 is 1.74 bits per heavy atom. The Labute approximate surface area is 117 Å². The molecule has 0 amide bonds. The van der Waals surface area contributed by atoms with Gasteiger partial charge in [-0.15, -0.1) is 0 Å². The highest BCUT2D eigenvalue weighted by atomic mass is 16.5. The predicted molar refractivity (Wildman–Crippen MR) is 79.2 cm³/mol. The largest absolute Gasteiger partial charge is 0.469 e. The standard InChI is InChI=1S/C17H26O2/c1-4-5-6-7-8-15-9-11-16(12-10-15)13-14(2)17(18)19-3/h9-12,14H,4-8,13H2,1-3H3/t14-/m1/s1. The second-order valence-corrected chi connectivity index (χ2v) is 5.26. The van der Waals surface area contributed by atoms with E-state index in [4.69, 9.17) is 4.74 Å². The molecule has 0 bridgehead atoms. The first-order valence-electron chi connectivity index (χ1n) is 7.33. The molecule has 0 spiro atoms. The maximum atomic E-state index is 11.4. The molecule has 0 saturated heterocycles. The monoisotopic (exact) mass is 262 g/mol. The molecule has 1 aromatic carbocycles. The molecule has 0 aliphatic carbocycles. The van der Waals surface area contributed by atoms with E-state index in [-0.39, 0.29) is 11.9 Å². The summed E-state index contributed by atoms with van der Waals surface area (Å²) in [5.74, 6) is -0.205. The van der Waals surface area contributed by atoms with Gasteiger partial charge < -0.3 is 4.74 Å². The van der Waals surface area contributed by atoms with Crippen molar-refractivity contribution >= 4 is 5.97 Å². The Hall–Kier alpha value is -1.31. The van der Waals surface area contributed by atoms with Crippen LogP contribution in [0.5, 0.6) is 0 Å². The predicted octanol–water partition coefficient (Wildman–Crippen LogP) is 4.16. The molecule has 0 heterocycles. The van der Waals surface area contributed by atoms with Gasteiger partial charge in [0.05, 0.1) is 13.0 Å². The van der Waals surface area contributed by atoms with E-state index in [0.717, 1.165) is 12.8 Å². The number of hydrogen-bond acceptors (Lipinski definition) is 2. The number of carbonyl (C=O) groups excluding carboxylic acids is 1. The first-order chi connectivity index (χ1) is 9.17. The zero-order valence-electron chi connectivity index (χ0n) is 12.4. The maximum Gasteiger partial charge on any atom is 0.308 e. The fourth-order valence-electron chi connectivity index (χ4n) is 2.24. The van der Waals surface area contributed by atoms with Gasteiger partial charge in [-0.05, 0) is 30.4 Å². The first-order valence-corrected chi connectivity index (χ1v) is 7.33. The molecule has 2 nitrogen and oxygen atoms in total. The van der Waals surface area contributed by atoms with Crippen molar-refractivity contribution < 1.29 is 9.53 Å². The van der Waals surface area contributed by atoms with Gasteiger partial charge in [0.1, 0.15) is 0 Å². The Balaban J connectivity index is 2.41. The van der Waals surface area contributed by atoms with Crippen molar-refractivity contribution in [1.82, 2.24) is 0 Å². The fourth-order valence-corrected chi connectivity index (χ4v) is 2.24. The summed E-state index contributed by atoms with van der Waals surface area (Å²) in [6, 6.07) is 8.64. The van der Waals surface area contributed by atoms with Crippen LogP contribution in [0.3, 0.4) is 0 Å². The summed E-state index contributed by atoms with van der Waals surface area (Å²) in [6.45, 7) is 4.14. The minimum Gasteiger partial charge on any atom is -0.469 e. The number of hydrogen-bond donors (Lipinski definition) is 0. The lowest BCUT2D eigenvalue weighted by Crippen LogP contribution is -2.15. The van der Waals surface area contributed by atoms with Gasteiger partial charge in [0.15, 0.2) is 0 Å². The van der Waals surface area contributed by atoms with Crippen molar-refractivity contribution in [3.05, 3.63) is 35.4 Å². The quantitative estimate of drug-likeness (QED) is 0.519. The Morgan fingerprint density at radius 1 is 1.11 bits per heavy atom. The molecule has 1 rings (SSSR count). The smallest absolute Gasteiger partial charge is 0.308 e. The number of carbonyl (C=O) groups is 1. The third-order valence-electron chi connectivity index (χ3n) is 3.49. The van der Waals surface area contributed by atoms with Crippen molar-refractivity contribution in [2.24, 2.45) is 5.92 Å². The van der Waals surface area contributed by atoms with Crippen LogP contribution in [0.2, 0.25) is 0 Å². The lowest BCUT2D eigenvalue weighted by atomic mass is 9.99. The average Bonchev–Trinajstić information content (AvgIpc) is 2.44. The van der Waals surface area contributed by atoms with Crippen LogP contribution < -0.4 is 0 Å². The average molecular weight is 262 g/mol. The van der Waals surface area contributed by atoms with Crippen LogP contribution in [0.1, 0.15) is 50.7 Å². The zero-order valence-corrected chi connectivity index (χ0v) is 12.4. The van der Waals surface area contributed by atoms with Gasteiger partial charge in [0, 0.05) is 0 Å². The highest BCUT2D eigenvalue weighted by molar-refractivity contribution is 5.72. The minimum absolute atomic E-state index is 0.0691. The summed E-state index contributed by atoms with van der Waals surface area (Å²) >= 11 is 0. The van der Waals surface area contributed by atoms with E-state index in [1.54, 1.807) is 0 Å². The van der Waals surface area contributed by atoms with Crippen LogP contribution >= 0.6 is 0 Å². The molecule has 1 aromatic rings. The molecule has 0 fully saturated rings. The van der Waals surface area contributed by atoms with E-state index in [2.05, 4.69) is 31.2 Å². The van der Waals surface area contributed by atoms with Gasteiger partial charge in [-0.1, -0.05) is 57.4 Å². The molecule has 0 aliphatic rings. The number of esters is 1. The summed E-state index contributed by atoms with van der Waals surface area (Å²) in [7, 11) is 1.44. The molecular weight excluding hydrogens is 236 g/mol. The van der Waals surface area contributed by atoms with Crippen LogP contribution in [-0.4, -0.2) is 13.1 Å². The molecule has 0 radical (unpaired) electrons. The van der Waals surface area contributed by atoms with Crippen molar-refractivity contribution in [3.63, 3.8) is 0 Å². The topological polar surface area (TPSA) is 26.3 Å². The Kier molecular flexibility index (Phi) is 7.24. The van der Waals surface area contributed by atoms with Crippen LogP contribution in [0.15, 0.2) is 24.3 Å². The van der Waals surface area contributed by atoms with E-state index in [0.29, 0.717) is 0 Å². The third-order valence-corrected chi connectivity index (χ3v) is 3.49. The fraction of sp³-hybridized carbons (Fsp3) is 0.588.